The van der Waals surface area contributed by atoms with Gasteiger partial charge >= 0.3 is 6.36 Å². The molecule has 1 saturated heterocycles. The van der Waals surface area contributed by atoms with Gasteiger partial charge in [0, 0.05) is 12.5 Å². The zero-order chi connectivity index (χ0) is 22.7. The van der Waals surface area contributed by atoms with Gasteiger partial charge in [-0.1, -0.05) is 18.2 Å². The Kier molecular flexibility index (Phi) is 6.48. The monoisotopic (exact) mass is 449 g/mol. The van der Waals surface area contributed by atoms with Crippen LogP contribution in [0.1, 0.15) is 55.1 Å². The second kappa shape index (κ2) is 9.30. The molecule has 1 amide bonds. The lowest BCUT2D eigenvalue weighted by Crippen LogP contribution is -2.39. The maximum absolute atomic E-state index is 12.5. The first-order chi connectivity index (χ1) is 15.3. The Bertz CT molecular complexity index is 939. The van der Waals surface area contributed by atoms with Gasteiger partial charge < -0.3 is 19.5 Å². The highest BCUT2D eigenvalue weighted by Crippen LogP contribution is 2.39. The molecule has 4 rings (SSSR count). The molecule has 2 aromatic carbocycles. The van der Waals surface area contributed by atoms with Crippen LogP contribution < -0.4 is 19.5 Å². The first-order valence-electron chi connectivity index (χ1n) is 10.8. The number of alkyl halides is 3. The third-order valence-corrected chi connectivity index (χ3v) is 6.13. The Hall–Kier alpha value is -2.90. The third-order valence-electron chi connectivity index (χ3n) is 6.13. The quantitative estimate of drug-likeness (QED) is 0.650. The molecule has 0 radical (unpaired) electrons. The van der Waals surface area contributed by atoms with Crippen molar-refractivity contribution in [1.29, 1.82) is 0 Å². The van der Waals surface area contributed by atoms with Crippen LogP contribution in [0.5, 0.6) is 17.2 Å². The minimum atomic E-state index is -4.75. The summed E-state index contributed by atoms with van der Waals surface area (Å²) in [6, 6.07) is 11.3. The van der Waals surface area contributed by atoms with E-state index >= 15 is 0 Å². The van der Waals surface area contributed by atoms with E-state index in [-0.39, 0.29) is 23.7 Å². The van der Waals surface area contributed by atoms with Crippen molar-refractivity contribution in [1.82, 2.24) is 5.32 Å². The van der Waals surface area contributed by atoms with Crippen molar-refractivity contribution in [3.8, 4) is 17.2 Å². The van der Waals surface area contributed by atoms with Gasteiger partial charge in [-0.15, -0.1) is 13.2 Å². The molecule has 1 N–H and O–H groups in total. The number of rotatable bonds is 6. The van der Waals surface area contributed by atoms with E-state index in [0.717, 1.165) is 31.2 Å². The SMILES string of the molecule is COc1ccc(C2CNC(=O)C(c3ccc(OC(F)(F)F)cc3)C2)cc1OC1CCCC1. The van der Waals surface area contributed by atoms with E-state index in [4.69, 9.17) is 9.47 Å². The van der Waals surface area contributed by atoms with Crippen molar-refractivity contribution in [3.05, 3.63) is 53.6 Å². The highest BCUT2D eigenvalue weighted by atomic mass is 19.4. The number of nitrogens with one attached hydrogen (secondary N) is 1. The number of halogens is 3. The number of benzene rings is 2. The molecule has 32 heavy (non-hydrogen) atoms. The topological polar surface area (TPSA) is 56.8 Å². The van der Waals surface area contributed by atoms with Gasteiger partial charge in [0.05, 0.1) is 19.1 Å². The van der Waals surface area contributed by atoms with Crippen LogP contribution in [0.25, 0.3) is 0 Å². The van der Waals surface area contributed by atoms with Crippen LogP contribution >= 0.6 is 0 Å². The minimum Gasteiger partial charge on any atom is -0.493 e. The van der Waals surface area contributed by atoms with Gasteiger partial charge in [0.25, 0.3) is 0 Å². The molecule has 0 aromatic heterocycles. The number of ether oxygens (including phenoxy) is 3. The Morgan fingerprint density at radius 3 is 2.31 bits per heavy atom. The summed E-state index contributed by atoms with van der Waals surface area (Å²) >= 11 is 0. The largest absolute Gasteiger partial charge is 0.573 e. The second-order valence-corrected chi connectivity index (χ2v) is 8.28. The summed E-state index contributed by atoms with van der Waals surface area (Å²) in [7, 11) is 1.61. The molecule has 1 heterocycles. The van der Waals surface area contributed by atoms with Crippen LogP contribution in [-0.4, -0.2) is 32.0 Å². The molecular weight excluding hydrogens is 423 g/mol. The molecule has 5 nitrogen and oxygen atoms in total. The summed E-state index contributed by atoms with van der Waals surface area (Å²) in [6.07, 6.45) is 0.370. The van der Waals surface area contributed by atoms with Gasteiger partial charge in [0.1, 0.15) is 5.75 Å². The fourth-order valence-electron chi connectivity index (χ4n) is 4.49. The van der Waals surface area contributed by atoms with E-state index < -0.39 is 12.3 Å². The van der Waals surface area contributed by atoms with Gasteiger partial charge in [-0.25, -0.2) is 0 Å². The lowest BCUT2D eigenvalue weighted by Gasteiger charge is -2.30. The van der Waals surface area contributed by atoms with Crippen molar-refractivity contribution >= 4 is 5.91 Å². The maximum Gasteiger partial charge on any atom is 0.573 e. The average Bonchev–Trinajstić information content (AvgIpc) is 3.27. The van der Waals surface area contributed by atoms with Gasteiger partial charge in [-0.05, 0) is 67.5 Å². The van der Waals surface area contributed by atoms with Crippen LogP contribution in [0, 0.1) is 0 Å². The van der Waals surface area contributed by atoms with Gasteiger partial charge in [-0.3, -0.25) is 4.79 Å². The number of hydrogen-bond acceptors (Lipinski definition) is 4. The van der Waals surface area contributed by atoms with E-state index in [1.165, 1.54) is 24.3 Å². The van der Waals surface area contributed by atoms with Gasteiger partial charge in [0.2, 0.25) is 5.91 Å². The highest BCUT2D eigenvalue weighted by molar-refractivity contribution is 5.84. The summed E-state index contributed by atoms with van der Waals surface area (Å²) in [5.41, 5.74) is 1.68. The van der Waals surface area contributed by atoms with E-state index in [0.29, 0.717) is 30.0 Å². The van der Waals surface area contributed by atoms with Crippen LogP contribution in [-0.2, 0) is 4.79 Å². The van der Waals surface area contributed by atoms with E-state index in [1.54, 1.807) is 7.11 Å². The van der Waals surface area contributed by atoms with Crippen LogP contribution in [0.4, 0.5) is 13.2 Å². The average molecular weight is 449 g/mol. The lowest BCUT2D eigenvalue weighted by atomic mass is 9.81. The molecule has 2 atom stereocenters. The fourth-order valence-corrected chi connectivity index (χ4v) is 4.49. The predicted octanol–water partition coefficient (Wildman–Crippen LogP) is 5.30. The van der Waals surface area contributed by atoms with E-state index in [1.807, 2.05) is 18.2 Å². The minimum absolute atomic E-state index is 0.0423. The molecule has 1 aliphatic carbocycles. The normalized spacial score (nSPS) is 21.8. The summed E-state index contributed by atoms with van der Waals surface area (Å²) < 4.78 is 52.8. The molecule has 172 valence electrons. The summed E-state index contributed by atoms with van der Waals surface area (Å²) in [4.78, 5) is 12.5. The first-order valence-corrected chi connectivity index (χ1v) is 10.8. The maximum atomic E-state index is 12.5. The van der Waals surface area contributed by atoms with E-state index in [2.05, 4.69) is 10.1 Å². The third kappa shape index (κ3) is 5.29. The number of amides is 1. The Morgan fingerprint density at radius 1 is 0.969 bits per heavy atom. The van der Waals surface area contributed by atoms with E-state index in [9.17, 15) is 18.0 Å². The van der Waals surface area contributed by atoms with Crippen molar-refractivity contribution in [2.24, 2.45) is 0 Å². The summed E-state index contributed by atoms with van der Waals surface area (Å²) in [5.74, 6) is 0.520. The molecule has 2 fully saturated rings. The van der Waals surface area contributed by atoms with Crippen molar-refractivity contribution in [2.75, 3.05) is 13.7 Å². The molecular formula is C24H26F3NO4. The zero-order valence-corrected chi connectivity index (χ0v) is 17.8. The lowest BCUT2D eigenvalue weighted by molar-refractivity contribution is -0.274. The first kappa shape index (κ1) is 22.3. The van der Waals surface area contributed by atoms with Crippen molar-refractivity contribution in [3.63, 3.8) is 0 Å². The molecule has 1 saturated carbocycles. The number of carbonyl (C=O) groups is 1. The summed E-state index contributed by atoms with van der Waals surface area (Å²) in [6.45, 7) is 0.486. The predicted molar refractivity (Wildman–Crippen MR) is 112 cm³/mol. The van der Waals surface area contributed by atoms with Crippen LogP contribution in [0.2, 0.25) is 0 Å². The summed E-state index contributed by atoms with van der Waals surface area (Å²) in [5, 5.41) is 2.93. The van der Waals surface area contributed by atoms with Crippen molar-refractivity contribution in [2.45, 2.75) is 56.4 Å². The number of carbonyl (C=O) groups excluding carboxylic acids is 1. The molecule has 0 bridgehead atoms. The number of hydrogen-bond donors (Lipinski definition) is 1. The number of piperidine rings is 1. The highest BCUT2D eigenvalue weighted by Gasteiger charge is 2.33. The molecule has 0 spiro atoms. The zero-order valence-electron chi connectivity index (χ0n) is 17.8. The Labute approximate surface area is 184 Å². The fraction of sp³-hybridized carbons (Fsp3) is 0.458. The van der Waals surface area contributed by atoms with Crippen LogP contribution in [0.3, 0.4) is 0 Å². The Morgan fingerprint density at radius 2 is 1.66 bits per heavy atom. The Balaban J connectivity index is 1.51. The van der Waals surface area contributed by atoms with Gasteiger partial charge in [0.15, 0.2) is 11.5 Å². The number of methoxy groups -OCH3 is 1. The second-order valence-electron chi connectivity index (χ2n) is 8.28. The molecule has 2 aliphatic rings. The van der Waals surface area contributed by atoms with Gasteiger partial charge in [-0.2, -0.15) is 0 Å². The molecule has 2 aromatic rings. The molecule has 1 aliphatic heterocycles. The molecule has 2 unspecified atom stereocenters. The molecule has 8 heteroatoms. The van der Waals surface area contributed by atoms with Crippen LogP contribution in [0.15, 0.2) is 42.5 Å². The smallest absolute Gasteiger partial charge is 0.493 e. The standard InChI is InChI=1S/C24H26F3NO4/c1-30-21-11-8-16(13-22(21)31-18-4-2-3-5-18)17-12-20(23(29)28-14-17)15-6-9-19(10-7-15)32-24(25,26)27/h6-11,13,17-18,20H,2-5,12,14H2,1H3,(H,28,29). The van der Waals surface area contributed by atoms with Crippen molar-refractivity contribution < 1.29 is 32.2 Å².